The van der Waals surface area contributed by atoms with Gasteiger partial charge >= 0.3 is 11.9 Å². The van der Waals surface area contributed by atoms with Gasteiger partial charge in [0.2, 0.25) is 11.7 Å². The molecule has 0 spiro atoms. The molecule has 0 unspecified atom stereocenters. The first-order valence-electron chi connectivity index (χ1n) is 9.59. The lowest BCUT2D eigenvalue weighted by atomic mass is 10.1. The Hall–Kier alpha value is -3.17. The number of aromatic nitrogens is 4. The molecule has 1 aliphatic heterocycles. The van der Waals surface area contributed by atoms with Crippen LogP contribution < -0.4 is 11.2 Å². The molecule has 0 radical (unpaired) electrons. The van der Waals surface area contributed by atoms with E-state index in [-0.39, 0.29) is 29.4 Å². The molecule has 0 atom stereocenters. The van der Waals surface area contributed by atoms with Gasteiger partial charge < -0.3 is 4.52 Å². The molecule has 0 bridgehead atoms. The Bertz CT molecular complexity index is 1210. The molecule has 7 nitrogen and oxygen atoms in total. The lowest BCUT2D eigenvalue weighted by molar-refractivity contribution is -0.137. The van der Waals surface area contributed by atoms with E-state index in [0.29, 0.717) is 18.7 Å². The first kappa shape index (κ1) is 20.1. The molecule has 3 heterocycles. The van der Waals surface area contributed by atoms with Crippen molar-refractivity contribution in [2.45, 2.75) is 51.9 Å². The highest BCUT2D eigenvalue weighted by Crippen LogP contribution is 2.29. The Morgan fingerprint density at radius 1 is 1.17 bits per heavy atom. The molecular weight excluding hydrogens is 401 g/mol. The van der Waals surface area contributed by atoms with Crippen LogP contribution in [-0.2, 0) is 25.7 Å². The topological polar surface area (TPSA) is 82.9 Å². The monoisotopic (exact) mass is 420 g/mol. The third-order valence-electron chi connectivity index (χ3n) is 5.18. The van der Waals surface area contributed by atoms with Gasteiger partial charge in [-0.3, -0.25) is 13.9 Å². The molecule has 30 heavy (non-hydrogen) atoms. The van der Waals surface area contributed by atoms with Gasteiger partial charge in [-0.15, -0.1) is 0 Å². The van der Waals surface area contributed by atoms with Crippen LogP contribution in [0.1, 0.15) is 42.0 Å². The molecule has 2 aromatic heterocycles. The number of benzene rings is 1. The summed E-state index contributed by atoms with van der Waals surface area (Å²) in [6, 6.07) is 4.60. The first-order valence-corrected chi connectivity index (χ1v) is 9.59. The molecule has 1 aromatic carbocycles. The summed E-state index contributed by atoms with van der Waals surface area (Å²) in [4.78, 5) is 30.5. The van der Waals surface area contributed by atoms with Crippen LogP contribution in [0.4, 0.5) is 13.2 Å². The molecule has 4 rings (SSSR count). The summed E-state index contributed by atoms with van der Waals surface area (Å²) in [5, 5.41) is 3.85. The van der Waals surface area contributed by atoms with E-state index >= 15 is 0 Å². The zero-order valence-electron chi connectivity index (χ0n) is 16.2. The van der Waals surface area contributed by atoms with Crippen LogP contribution in [0.3, 0.4) is 0 Å². The Morgan fingerprint density at radius 3 is 2.67 bits per heavy atom. The van der Waals surface area contributed by atoms with E-state index in [1.165, 1.54) is 16.7 Å². The third-order valence-corrected chi connectivity index (χ3v) is 5.18. The predicted octanol–water partition coefficient (Wildman–Crippen LogP) is 3.16. The Labute approximate surface area is 168 Å². The van der Waals surface area contributed by atoms with Crippen LogP contribution >= 0.6 is 0 Å². The normalized spacial score (nSPS) is 14.4. The Balaban J connectivity index is 1.90. The smallest absolute Gasteiger partial charge is 0.339 e. The van der Waals surface area contributed by atoms with Crippen molar-refractivity contribution < 1.29 is 17.7 Å². The van der Waals surface area contributed by atoms with E-state index < -0.39 is 23.0 Å². The SMILES string of the molecule is Cc1nc(-c2c3n(c(=O)n(Cc4cccc(C(F)(F)F)c4)c2=O)CCCCC3)no1. The van der Waals surface area contributed by atoms with Gasteiger partial charge in [0.25, 0.3) is 5.56 Å². The second-order valence-corrected chi connectivity index (χ2v) is 7.29. The van der Waals surface area contributed by atoms with E-state index in [1.807, 2.05) is 0 Å². The summed E-state index contributed by atoms with van der Waals surface area (Å²) >= 11 is 0. The van der Waals surface area contributed by atoms with Crippen LogP contribution in [0.15, 0.2) is 38.4 Å². The van der Waals surface area contributed by atoms with E-state index in [9.17, 15) is 22.8 Å². The van der Waals surface area contributed by atoms with Gasteiger partial charge in [-0.25, -0.2) is 4.79 Å². The quantitative estimate of drug-likeness (QED) is 0.650. The highest BCUT2D eigenvalue weighted by atomic mass is 19.4. The van der Waals surface area contributed by atoms with Crippen LogP contribution in [0.5, 0.6) is 0 Å². The molecule has 0 amide bonds. The lowest BCUT2D eigenvalue weighted by Crippen LogP contribution is -2.42. The fourth-order valence-electron chi connectivity index (χ4n) is 3.76. The average molecular weight is 420 g/mol. The van der Waals surface area contributed by atoms with Crippen molar-refractivity contribution in [2.24, 2.45) is 0 Å². The van der Waals surface area contributed by atoms with Crippen molar-refractivity contribution >= 4 is 0 Å². The van der Waals surface area contributed by atoms with E-state index in [4.69, 9.17) is 4.52 Å². The van der Waals surface area contributed by atoms with Crippen molar-refractivity contribution in [3.05, 3.63) is 67.8 Å². The van der Waals surface area contributed by atoms with Crippen LogP contribution in [0.2, 0.25) is 0 Å². The van der Waals surface area contributed by atoms with Gasteiger partial charge in [-0.05, 0) is 37.0 Å². The minimum atomic E-state index is -4.52. The van der Waals surface area contributed by atoms with Gasteiger partial charge in [-0.1, -0.05) is 23.7 Å². The molecule has 0 aliphatic carbocycles. The maximum absolute atomic E-state index is 13.3. The number of rotatable bonds is 3. The second-order valence-electron chi connectivity index (χ2n) is 7.29. The third kappa shape index (κ3) is 3.69. The number of halogens is 3. The average Bonchev–Trinajstić information content (AvgIpc) is 2.97. The van der Waals surface area contributed by atoms with Gasteiger partial charge in [0.1, 0.15) is 5.56 Å². The maximum Gasteiger partial charge on any atom is 0.416 e. The molecule has 0 N–H and O–H groups in total. The summed E-state index contributed by atoms with van der Waals surface area (Å²) < 4.78 is 46.7. The molecule has 158 valence electrons. The Kier molecular flexibility index (Phi) is 5.08. The zero-order valence-corrected chi connectivity index (χ0v) is 16.2. The molecule has 0 fully saturated rings. The highest BCUT2D eigenvalue weighted by Gasteiger charge is 2.30. The van der Waals surface area contributed by atoms with E-state index in [1.54, 1.807) is 6.92 Å². The fourth-order valence-corrected chi connectivity index (χ4v) is 3.76. The molecule has 3 aromatic rings. The standard InChI is InChI=1S/C20H19F3N4O3/c1-12-24-17(25-30-12)16-15-8-3-2-4-9-26(15)19(29)27(18(16)28)11-13-6-5-7-14(10-13)20(21,22)23/h5-7,10H,2-4,8-9,11H2,1H3. The summed E-state index contributed by atoms with van der Waals surface area (Å²) in [6.45, 7) is 1.72. The zero-order chi connectivity index (χ0) is 21.5. The summed E-state index contributed by atoms with van der Waals surface area (Å²) in [5.74, 6) is 0.355. The van der Waals surface area contributed by atoms with E-state index in [2.05, 4.69) is 10.1 Å². The lowest BCUT2D eigenvalue weighted by Gasteiger charge is -2.16. The number of nitrogens with zero attached hydrogens (tertiary/aromatic N) is 4. The molecule has 0 saturated heterocycles. The minimum Gasteiger partial charge on any atom is -0.339 e. The van der Waals surface area contributed by atoms with Gasteiger partial charge in [0, 0.05) is 19.2 Å². The number of hydrogen-bond acceptors (Lipinski definition) is 5. The van der Waals surface area contributed by atoms with Crippen LogP contribution in [-0.4, -0.2) is 19.3 Å². The highest BCUT2D eigenvalue weighted by molar-refractivity contribution is 5.56. The van der Waals surface area contributed by atoms with Crippen molar-refractivity contribution in [3.8, 4) is 11.4 Å². The Morgan fingerprint density at radius 2 is 1.97 bits per heavy atom. The largest absolute Gasteiger partial charge is 0.416 e. The number of hydrogen-bond donors (Lipinski definition) is 0. The maximum atomic E-state index is 13.3. The van der Waals surface area contributed by atoms with E-state index in [0.717, 1.165) is 36.0 Å². The second kappa shape index (κ2) is 7.58. The van der Waals surface area contributed by atoms with Gasteiger partial charge in [-0.2, -0.15) is 18.2 Å². The first-order chi connectivity index (χ1) is 14.3. The molecule has 10 heteroatoms. The van der Waals surface area contributed by atoms with Gasteiger partial charge in [0.05, 0.1) is 12.1 Å². The van der Waals surface area contributed by atoms with Crippen LogP contribution in [0.25, 0.3) is 11.4 Å². The van der Waals surface area contributed by atoms with Crippen molar-refractivity contribution in [2.75, 3.05) is 0 Å². The fraction of sp³-hybridized carbons (Fsp3) is 0.400. The summed E-state index contributed by atoms with van der Waals surface area (Å²) in [5.41, 5.74) is -1.10. The molecule has 0 saturated carbocycles. The summed E-state index contributed by atoms with van der Waals surface area (Å²) in [6.07, 6.45) is -1.54. The predicted molar refractivity (Wildman–Crippen MR) is 101 cm³/mol. The number of aryl methyl sites for hydroxylation is 1. The summed E-state index contributed by atoms with van der Waals surface area (Å²) in [7, 11) is 0. The minimum absolute atomic E-state index is 0.0842. The molecular formula is C20H19F3N4O3. The molecule has 1 aliphatic rings. The number of fused-ring (bicyclic) bond motifs is 1. The van der Waals surface area contributed by atoms with Crippen molar-refractivity contribution in [3.63, 3.8) is 0 Å². The van der Waals surface area contributed by atoms with Crippen molar-refractivity contribution in [1.82, 2.24) is 19.3 Å². The van der Waals surface area contributed by atoms with Crippen LogP contribution in [0, 0.1) is 6.92 Å². The van der Waals surface area contributed by atoms with Crippen molar-refractivity contribution in [1.29, 1.82) is 0 Å². The van der Waals surface area contributed by atoms with Gasteiger partial charge in [0.15, 0.2) is 0 Å². The number of alkyl halides is 3.